The van der Waals surface area contributed by atoms with Gasteiger partial charge in [0.15, 0.2) is 5.96 Å². The van der Waals surface area contributed by atoms with Gasteiger partial charge in [-0.2, -0.15) is 4.37 Å². The minimum atomic E-state index is 0. The van der Waals surface area contributed by atoms with Crippen LogP contribution in [0.25, 0.3) is 0 Å². The maximum absolute atomic E-state index is 5.90. The molecule has 0 radical (unpaired) electrons. The number of hydrogen-bond acceptors (Lipinski definition) is 5. The summed E-state index contributed by atoms with van der Waals surface area (Å²) in [5.41, 5.74) is 5.90. The molecule has 0 unspecified atom stereocenters. The summed E-state index contributed by atoms with van der Waals surface area (Å²) in [4.78, 5) is 13.1. The molecule has 1 fully saturated rings. The number of hydrogen-bond donors (Lipinski definition) is 1. The van der Waals surface area contributed by atoms with E-state index in [1.54, 1.807) is 0 Å². The highest BCUT2D eigenvalue weighted by molar-refractivity contribution is 14.0. The molecule has 2 rings (SSSR count). The Balaban J connectivity index is 0.00000180. The fourth-order valence-electron chi connectivity index (χ4n) is 1.91. The van der Waals surface area contributed by atoms with Gasteiger partial charge in [0.2, 0.25) is 5.13 Å². The van der Waals surface area contributed by atoms with E-state index in [0.29, 0.717) is 5.96 Å². The predicted octanol–water partition coefficient (Wildman–Crippen LogP) is 1.18. The van der Waals surface area contributed by atoms with Crippen molar-refractivity contribution in [1.29, 1.82) is 0 Å². The lowest BCUT2D eigenvalue weighted by molar-refractivity contribution is 0.381. The summed E-state index contributed by atoms with van der Waals surface area (Å²) in [6.07, 6.45) is 0.895. The van der Waals surface area contributed by atoms with Crippen molar-refractivity contribution in [2.24, 2.45) is 10.7 Å². The smallest absolute Gasteiger partial charge is 0.205 e. The molecule has 1 aromatic heterocycles. The lowest BCUT2D eigenvalue weighted by atomic mass is 10.3. The fourth-order valence-corrected chi connectivity index (χ4v) is 2.71. The third-order valence-electron chi connectivity index (χ3n) is 2.97. The van der Waals surface area contributed by atoms with Crippen molar-refractivity contribution in [3.05, 3.63) is 5.82 Å². The number of guanidine groups is 1. The topological polar surface area (TPSA) is 70.6 Å². The average Bonchev–Trinajstić information content (AvgIpc) is 2.88. The van der Waals surface area contributed by atoms with Gasteiger partial charge in [0, 0.05) is 50.7 Å². The third kappa shape index (κ3) is 4.16. The molecule has 0 bridgehead atoms. The van der Waals surface area contributed by atoms with Crippen molar-refractivity contribution in [2.45, 2.75) is 20.3 Å². The van der Waals surface area contributed by atoms with Gasteiger partial charge in [0.25, 0.3) is 0 Å². The Labute approximate surface area is 135 Å². The third-order valence-corrected chi connectivity index (χ3v) is 3.78. The van der Waals surface area contributed by atoms with Crippen molar-refractivity contribution >= 4 is 46.6 Å². The highest BCUT2D eigenvalue weighted by Crippen LogP contribution is 2.19. The largest absolute Gasteiger partial charge is 0.370 e. The maximum atomic E-state index is 5.90. The molecule has 1 aliphatic heterocycles. The van der Waals surface area contributed by atoms with Crippen molar-refractivity contribution in [2.75, 3.05) is 37.6 Å². The van der Waals surface area contributed by atoms with Gasteiger partial charge in [-0.3, -0.25) is 4.99 Å². The van der Waals surface area contributed by atoms with Crippen LogP contribution < -0.4 is 10.6 Å². The molecule has 6 nitrogen and oxygen atoms in total. The summed E-state index contributed by atoms with van der Waals surface area (Å²) in [6.45, 7) is 8.47. The Hall–Kier alpha value is -0.640. The number of anilines is 1. The number of halogens is 1. The molecule has 19 heavy (non-hydrogen) atoms. The lowest BCUT2D eigenvalue weighted by Gasteiger charge is -2.34. The Morgan fingerprint density at radius 3 is 2.53 bits per heavy atom. The molecule has 1 aliphatic rings. The van der Waals surface area contributed by atoms with Crippen LogP contribution in [0.2, 0.25) is 0 Å². The molecule has 1 saturated heterocycles. The normalized spacial score (nSPS) is 16.4. The van der Waals surface area contributed by atoms with E-state index in [9.17, 15) is 0 Å². The number of aromatic nitrogens is 2. The number of aliphatic imine (C=N–C) groups is 1. The highest BCUT2D eigenvalue weighted by Gasteiger charge is 2.20. The summed E-state index contributed by atoms with van der Waals surface area (Å²) in [5, 5.41) is 1.03. The van der Waals surface area contributed by atoms with E-state index in [1.807, 2.05) is 6.92 Å². The Kier molecular flexibility index (Phi) is 6.76. The summed E-state index contributed by atoms with van der Waals surface area (Å²) in [7, 11) is 0. The highest BCUT2D eigenvalue weighted by atomic mass is 127. The zero-order valence-corrected chi connectivity index (χ0v) is 14.5. The summed E-state index contributed by atoms with van der Waals surface area (Å²) in [6, 6.07) is 0. The van der Waals surface area contributed by atoms with E-state index in [1.165, 1.54) is 11.5 Å². The van der Waals surface area contributed by atoms with Crippen LogP contribution in [-0.2, 0) is 6.42 Å². The first-order valence-corrected chi connectivity index (χ1v) is 7.14. The molecule has 2 N–H and O–H groups in total. The van der Waals surface area contributed by atoms with Gasteiger partial charge in [-0.05, 0) is 6.92 Å². The van der Waals surface area contributed by atoms with Crippen LogP contribution in [0.15, 0.2) is 4.99 Å². The monoisotopic (exact) mass is 396 g/mol. The van der Waals surface area contributed by atoms with Crippen LogP contribution in [0.1, 0.15) is 19.7 Å². The zero-order valence-electron chi connectivity index (χ0n) is 11.4. The fraction of sp³-hybridized carbons (Fsp3) is 0.727. The quantitative estimate of drug-likeness (QED) is 0.472. The standard InChI is InChI=1S/C11H20N6S.HI/c1-3-9-14-11(18-15-9)17-7-5-16(6-8-17)10(12)13-4-2;/h3-8H2,1-2H3,(H2,12,13);1H. The molecule has 0 aliphatic carbocycles. The number of nitrogens with zero attached hydrogens (tertiary/aromatic N) is 5. The summed E-state index contributed by atoms with van der Waals surface area (Å²) < 4.78 is 4.32. The van der Waals surface area contributed by atoms with E-state index in [4.69, 9.17) is 5.73 Å². The van der Waals surface area contributed by atoms with Crippen LogP contribution in [0.3, 0.4) is 0 Å². The molecule has 0 aromatic carbocycles. The van der Waals surface area contributed by atoms with Gasteiger partial charge in [-0.1, -0.05) is 6.92 Å². The Morgan fingerprint density at radius 2 is 2.00 bits per heavy atom. The first kappa shape index (κ1) is 16.4. The van der Waals surface area contributed by atoms with Crippen molar-refractivity contribution < 1.29 is 0 Å². The molecule has 0 spiro atoms. The van der Waals surface area contributed by atoms with Gasteiger partial charge < -0.3 is 15.5 Å². The van der Waals surface area contributed by atoms with E-state index in [-0.39, 0.29) is 24.0 Å². The van der Waals surface area contributed by atoms with E-state index in [2.05, 4.69) is 31.1 Å². The molecule has 0 atom stereocenters. The SMILES string of the molecule is CCN=C(N)N1CCN(c2nc(CC)ns2)CC1.I. The number of rotatable bonds is 3. The molecule has 0 saturated carbocycles. The van der Waals surface area contributed by atoms with E-state index >= 15 is 0 Å². The first-order valence-electron chi connectivity index (χ1n) is 6.37. The second kappa shape index (κ2) is 7.83. The molecule has 8 heteroatoms. The number of piperazine rings is 1. The van der Waals surface area contributed by atoms with Crippen LogP contribution in [0.4, 0.5) is 5.13 Å². The van der Waals surface area contributed by atoms with E-state index in [0.717, 1.165) is 50.1 Å². The van der Waals surface area contributed by atoms with Crippen LogP contribution in [0, 0.1) is 0 Å². The van der Waals surface area contributed by atoms with E-state index < -0.39 is 0 Å². The van der Waals surface area contributed by atoms with Crippen molar-refractivity contribution in [3.63, 3.8) is 0 Å². The zero-order chi connectivity index (χ0) is 13.0. The first-order chi connectivity index (χ1) is 8.74. The van der Waals surface area contributed by atoms with Gasteiger partial charge >= 0.3 is 0 Å². The summed E-state index contributed by atoms with van der Waals surface area (Å²) in [5.74, 6) is 1.59. The van der Waals surface area contributed by atoms with Gasteiger partial charge in [-0.25, -0.2) is 4.98 Å². The maximum Gasteiger partial charge on any atom is 0.205 e. The molecular formula is C11H21IN6S. The average molecular weight is 396 g/mol. The molecule has 0 amide bonds. The molecule has 2 heterocycles. The van der Waals surface area contributed by atoms with Crippen molar-refractivity contribution in [3.8, 4) is 0 Å². The lowest BCUT2D eigenvalue weighted by Crippen LogP contribution is -2.51. The minimum Gasteiger partial charge on any atom is -0.370 e. The van der Waals surface area contributed by atoms with Crippen LogP contribution in [-0.4, -0.2) is 52.9 Å². The minimum absolute atomic E-state index is 0. The Morgan fingerprint density at radius 1 is 1.32 bits per heavy atom. The van der Waals surface area contributed by atoms with Gasteiger partial charge in [0.1, 0.15) is 5.82 Å². The predicted molar refractivity (Wildman–Crippen MR) is 90.7 cm³/mol. The number of nitrogens with two attached hydrogens (primary N) is 1. The molecule has 1 aromatic rings. The van der Waals surface area contributed by atoms with Gasteiger partial charge in [0.05, 0.1) is 0 Å². The second-order valence-electron chi connectivity index (χ2n) is 4.15. The second-order valence-corrected chi connectivity index (χ2v) is 4.88. The number of aryl methyl sites for hydroxylation is 1. The molecule has 108 valence electrons. The summed E-state index contributed by atoms with van der Waals surface area (Å²) >= 11 is 1.49. The molecular weight excluding hydrogens is 375 g/mol. The van der Waals surface area contributed by atoms with Crippen LogP contribution in [0.5, 0.6) is 0 Å². The van der Waals surface area contributed by atoms with Crippen molar-refractivity contribution in [1.82, 2.24) is 14.3 Å². The Bertz CT molecular complexity index is 413. The van der Waals surface area contributed by atoms with Crippen LogP contribution >= 0.6 is 35.5 Å². The van der Waals surface area contributed by atoms with Gasteiger partial charge in [-0.15, -0.1) is 24.0 Å².